The summed E-state index contributed by atoms with van der Waals surface area (Å²) in [6, 6.07) is 5.97. The predicted octanol–water partition coefficient (Wildman–Crippen LogP) is 2.96. The highest BCUT2D eigenvalue weighted by Gasteiger charge is 2.32. The van der Waals surface area contributed by atoms with Gasteiger partial charge in [-0.25, -0.2) is 0 Å². The first-order valence-corrected chi connectivity index (χ1v) is 8.14. The van der Waals surface area contributed by atoms with E-state index in [1.165, 1.54) is 11.1 Å². The molecule has 0 aromatic heterocycles. The summed E-state index contributed by atoms with van der Waals surface area (Å²) in [6.45, 7) is 8.71. The van der Waals surface area contributed by atoms with Crippen molar-refractivity contribution < 1.29 is 9.59 Å². The maximum Gasteiger partial charge on any atom is 0.229 e. The van der Waals surface area contributed by atoms with Gasteiger partial charge in [-0.2, -0.15) is 0 Å². The molecule has 0 aliphatic carbocycles. The van der Waals surface area contributed by atoms with E-state index in [9.17, 15) is 9.59 Å². The molecular weight excluding hydrogens is 276 g/mol. The maximum atomic E-state index is 12.2. The standard InChI is InChI=1S/C18H26N2O2/c1-5-14(6-2)18(22)19-15-10-17(21)20(11-15)16-8-7-12(3)13(4)9-16/h7-9,14-15H,5-6,10-11H2,1-4H3,(H,19,22). The van der Waals surface area contributed by atoms with Crippen LogP contribution in [0, 0.1) is 19.8 Å². The van der Waals surface area contributed by atoms with E-state index in [2.05, 4.69) is 12.2 Å². The number of rotatable bonds is 5. The van der Waals surface area contributed by atoms with E-state index in [-0.39, 0.29) is 23.8 Å². The van der Waals surface area contributed by atoms with Crippen LogP contribution < -0.4 is 10.2 Å². The number of hydrogen-bond acceptors (Lipinski definition) is 2. The van der Waals surface area contributed by atoms with Crippen LogP contribution in [0.25, 0.3) is 0 Å². The van der Waals surface area contributed by atoms with E-state index in [0.717, 1.165) is 18.5 Å². The molecule has 1 aliphatic rings. The molecule has 1 N–H and O–H groups in total. The molecule has 1 aromatic carbocycles. The fraction of sp³-hybridized carbons (Fsp3) is 0.556. The summed E-state index contributed by atoms with van der Waals surface area (Å²) in [5.74, 6) is 0.202. The lowest BCUT2D eigenvalue weighted by Crippen LogP contribution is -2.40. The molecule has 1 aromatic rings. The van der Waals surface area contributed by atoms with E-state index in [0.29, 0.717) is 13.0 Å². The second-order valence-corrected chi connectivity index (χ2v) is 6.20. The number of aryl methyl sites for hydroxylation is 2. The number of anilines is 1. The monoisotopic (exact) mass is 302 g/mol. The van der Waals surface area contributed by atoms with Crippen molar-refractivity contribution in [2.75, 3.05) is 11.4 Å². The quantitative estimate of drug-likeness (QED) is 0.909. The first kappa shape index (κ1) is 16.5. The number of nitrogens with zero attached hydrogens (tertiary/aromatic N) is 1. The molecule has 2 amide bonds. The van der Waals surface area contributed by atoms with Gasteiger partial charge in [-0.1, -0.05) is 19.9 Å². The number of hydrogen-bond donors (Lipinski definition) is 1. The van der Waals surface area contributed by atoms with Gasteiger partial charge in [-0.3, -0.25) is 9.59 Å². The molecule has 2 rings (SSSR count). The molecule has 0 bridgehead atoms. The van der Waals surface area contributed by atoms with Crippen molar-refractivity contribution in [3.05, 3.63) is 29.3 Å². The normalized spacial score (nSPS) is 18.1. The number of nitrogens with one attached hydrogen (secondary N) is 1. The Morgan fingerprint density at radius 1 is 1.27 bits per heavy atom. The van der Waals surface area contributed by atoms with Gasteiger partial charge in [0, 0.05) is 24.6 Å². The number of carbonyl (C=O) groups is 2. The van der Waals surface area contributed by atoms with Crippen LogP contribution in [0.5, 0.6) is 0 Å². The Bertz CT molecular complexity index is 564. The Balaban J connectivity index is 2.04. The minimum atomic E-state index is -0.0813. The summed E-state index contributed by atoms with van der Waals surface area (Å²) >= 11 is 0. The van der Waals surface area contributed by atoms with Gasteiger partial charge in [0.05, 0.1) is 6.04 Å². The molecule has 4 heteroatoms. The van der Waals surface area contributed by atoms with Crippen LogP contribution in [0.2, 0.25) is 0 Å². The lowest BCUT2D eigenvalue weighted by atomic mass is 10.0. The van der Waals surface area contributed by atoms with Crippen molar-refractivity contribution in [3.8, 4) is 0 Å². The largest absolute Gasteiger partial charge is 0.351 e. The van der Waals surface area contributed by atoms with Gasteiger partial charge in [0.1, 0.15) is 0 Å². The zero-order valence-corrected chi connectivity index (χ0v) is 14.0. The molecule has 0 spiro atoms. The van der Waals surface area contributed by atoms with Gasteiger partial charge in [-0.15, -0.1) is 0 Å². The van der Waals surface area contributed by atoms with Gasteiger partial charge >= 0.3 is 0 Å². The number of carbonyl (C=O) groups excluding carboxylic acids is 2. The molecule has 1 fully saturated rings. The second kappa shape index (κ2) is 6.95. The second-order valence-electron chi connectivity index (χ2n) is 6.20. The topological polar surface area (TPSA) is 49.4 Å². The van der Waals surface area contributed by atoms with Gasteiger partial charge in [-0.05, 0) is 49.9 Å². The Labute approximate surface area is 132 Å². The SMILES string of the molecule is CCC(CC)C(=O)NC1CC(=O)N(c2ccc(C)c(C)c2)C1. The Hall–Kier alpha value is -1.84. The molecule has 1 aliphatic heterocycles. The molecule has 1 atom stereocenters. The first-order chi connectivity index (χ1) is 10.5. The van der Waals surface area contributed by atoms with Crippen LogP contribution in [0.1, 0.15) is 44.2 Å². The lowest BCUT2D eigenvalue weighted by molar-refractivity contribution is -0.125. The third-order valence-corrected chi connectivity index (χ3v) is 4.63. The molecular formula is C18H26N2O2. The van der Waals surface area contributed by atoms with E-state index in [4.69, 9.17) is 0 Å². The number of amides is 2. The van der Waals surface area contributed by atoms with E-state index in [1.54, 1.807) is 4.90 Å². The van der Waals surface area contributed by atoms with Crippen LogP contribution >= 0.6 is 0 Å². The zero-order chi connectivity index (χ0) is 16.3. The molecule has 4 nitrogen and oxygen atoms in total. The minimum absolute atomic E-state index is 0.0470. The van der Waals surface area contributed by atoms with Crippen molar-refractivity contribution in [1.29, 1.82) is 0 Å². The van der Waals surface area contributed by atoms with E-state index < -0.39 is 0 Å². The molecule has 1 saturated heterocycles. The Kier molecular flexibility index (Phi) is 5.22. The minimum Gasteiger partial charge on any atom is -0.351 e. The Morgan fingerprint density at radius 3 is 2.55 bits per heavy atom. The molecule has 1 unspecified atom stereocenters. The van der Waals surface area contributed by atoms with Gasteiger partial charge < -0.3 is 10.2 Å². The molecule has 0 radical (unpaired) electrons. The van der Waals surface area contributed by atoms with Crippen molar-refractivity contribution in [2.24, 2.45) is 5.92 Å². The third-order valence-electron chi connectivity index (χ3n) is 4.63. The van der Waals surface area contributed by atoms with Gasteiger partial charge in [0.25, 0.3) is 0 Å². The summed E-state index contributed by atoms with van der Waals surface area (Å²) in [5, 5.41) is 3.04. The maximum absolute atomic E-state index is 12.2. The summed E-state index contributed by atoms with van der Waals surface area (Å²) in [6.07, 6.45) is 2.06. The molecule has 22 heavy (non-hydrogen) atoms. The Morgan fingerprint density at radius 2 is 1.95 bits per heavy atom. The van der Waals surface area contributed by atoms with Crippen LogP contribution in [0.15, 0.2) is 18.2 Å². The third kappa shape index (κ3) is 3.49. The van der Waals surface area contributed by atoms with Crippen LogP contribution in [0.3, 0.4) is 0 Å². The molecule has 1 heterocycles. The molecule has 120 valence electrons. The average Bonchev–Trinajstić information content (AvgIpc) is 2.84. The van der Waals surface area contributed by atoms with Crippen LogP contribution in [0.4, 0.5) is 5.69 Å². The molecule has 0 saturated carbocycles. The smallest absolute Gasteiger partial charge is 0.229 e. The first-order valence-electron chi connectivity index (χ1n) is 8.14. The van der Waals surface area contributed by atoms with Crippen molar-refractivity contribution in [3.63, 3.8) is 0 Å². The highest BCUT2D eigenvalue weighted by Crippen LogP contribution is 2.24. The fourth-order valence-electron chi connectivity index (χ4n) is 2.93. The van der Waals surface area contributed by atoms with Crippen molar-refractivity contribution in [1.82, 2.24) is 5.32 Å². The zero-order valence-electron chi connectivity index (χ0n) is 14.0. The average molecular weight is 302 g/mol. The fourth-order valence-corrected chi connectivity index (χ4v) is 2.93. The van der Waals surface area contributed by atoms with E-state index in [1.807, 2.05) is 39.0 Å². The summed E-state index contributed by atoms with van der Waals surface area (Å²) in [5.41, 5.74) is 3.32. The van der Waals surface area contributed by atoms with Gasteiger partial charge in [0.2, 0.25) is 11.8 Å². The summed E-state index contributed by atoms with van der Waals surface area (Å²) in [4.78, 5) is 26.2. The highest BCUT2D eigenvalue weighted by molar-refractivity contribution is 5.97. The van der Waals surface area contributed by atoms with Crippen molar-refractivity contribution >= 4 is 17.5 Å². The van der Waals surface area contributed by atoms with Crippen LogP contribution in [-0.4, -0.2) is 24.4 Å². The van der Waals surface area contributed by atoms with Crippen molar-refractivity contribution in [2.45, 2.75) is 53.0 Å². The van der Waals surface area contributed by atoms with Gasteiger partial charge in [0.15, 0.2) is 0 Å². The predicted molar refractivity (Wildman–Crippen MR) is 88.9 cm³/mol. The highest BCUT2D eigenvalue weighted by atomic mass is 16.2. The summed E-state index contributed by atoms with van der Waals surface area (Å²) in [7, 11) is 0. The van der Waals surface area contributed by atoms with Crippen LogP contribution in [-0.2, 0) is 9.59 Å². The van der Waals surface area contributed by atoms with E-state index >= 15 is 0 Å². The lowest BCUT2D eigenvalue weighted by Gasteiger charge is -2.20. The summed E-state index contributed by atoms with van der Waals surface area (Å²) < 4.78 is 0. The number of benzene rings is 1.